The van der Waals surface area contributed by atoms with Crippen molar-refractivity contribution in [3.8, 4) is 0 Å². The van der Waals surface area contributed by atoms with Crippen LogP contribution in [-0.2, 0) is 26.8 Å². The van der Waals surface area contributed by atoms with Crippen LogP contribution in [0, 0.1) is 0 Å². The molecule has 5 heteroatoms. The summed E-state index contributed by atoms with van der Waals surface area (Å²) in [6.07, 6.45) is 0. The maximum absolute atomic E-state index is 13.2. The van der Waals surface area contributed by atoms with Crippen LogP contribution in [0.4, 0.5) is 0 Å². The standard InChI is InChI=1S/C18H25O3PSi/c1-23(2,3)16-22(19,20-14-17-10-6-4-7-11-17)21-15-18-12-8-5-9-13-18/h4-13H,14-16H2,1-3H3. The summed E-state index contributed by atoms with van der Waals surface area (Å²) < 4.78 is 24.7. The first kappa shape index (κ1) is 18.1. The Morgan fingerprint density at radius 3 is 1.52 bits per heavy atom. The van der Waals surface area contributed by atoms with Gasteiger partial charge in [-0.2, -0.15) is 0 Å². The lowest BCUT2D eigenvalue weighted by Gasteiger charge is -2.24. The molecule has 0 aliphatic carbocycles. The molecule has 0 spiro atoms. The maximum Gasteiger partial charge on any atom is 0.328 e. The highest BCUT2D eigenvalue weighted by atomic mass is 31.2. The third kappa shape index (κ3) is 6.84. The van der Waals surface area contributed by atoms with Gasteiger partial charge in [-0.3, -0.25) is 4.57 Å². The predicted octanol–water partition coefficient (Wildman–Crippen LogP) is 5.49. The second kappa shape index (κ2) is 8.07. The summed E-state index contributed by atoms with van der Waals surface area (Å²) in [4.78, 5) is 0. The molecule has 0 fully saturated rings. The molecule has 0 aliphatic heterocycles. The lowest BCUT2D eigenvalue weighted by molar-refractivity contribution is 0.194. The first-order chi connectivity index (χ1) is 10.9. The van der Waals surface area contributed by atoms with Crippen LogP contribution in [0.3, 0.4) is 0 Å². The van der Waals surface area contributed by atoms with Crippen molar-refractivity contribution in [2.75, 3.05) is 5.79 Å². The van der Waals surface area contributed by atoms with Crippen molar-refractivity contribution < 1.29 is 13.6 Å². The van der Waals surface area contributed by atoms with Crippen molar-refractivity contribution in [1.29, 1.82) is 0 Å². The van der Waals surface area contributed by atoms with Crippen LogP contribution in [-0.4, -0.2) is 13.9 Å². The van der Waals surface area contributed by atoms with Crippen molar-refractivity contribution in [2.24, 2.45) is 0 Å². The topological polar surface area (TPSA) is 35.5 Å². The number of rotatable bonds is 8. The molecule has 0 bridgehead atoms. The molecule has 0 unspecified atom stereocenters. The van der Waals surface area contributed by atoms with Crippen molar-refractivity contribution in [3.63, 3.8) is 0 Å². The Hall–Kier alpha value is -1.19. The van der Waals surface area contributed by atoms with E-state index in [-0.39, 0.29) is 0 Å². The Labute approximate surface area is 140 Å². The SMILES string of the molecule is C[Si](C)(C)CP(=O)(OCc1ccccc1)OCc1ccccc1. The van der Waals surface area contributed by atoms with Crippen molar-refractivity contribution in [1.82, 2.24) is 0 Å². The van der Waals surface area contributed by atoms with E-state index in [4.69, 9.17) is 9.05 Å². The van der Waals surface area contributed by atoms with E-state index >= 15 is 0 Å². The summed E-state index contributed by atoms with van der Waals surface area (Å²) >= 11 is 0. The summed E-state index contributed by atoms with van der Waals surface area (Å²) in [5.41, 5.74) is 2.01. The van der Waals surface area contributed by atoms with Gasteiger partial charge in [0.1, 0.15) is 0 Å². The molecule has 0 saturated carbocycles. The molecular weight excluding hydrogens is 323 g/mol. The lowest BCUT2D eigenvalue weighted by Crippen LogP contribution is -2.27. The number of hydrogen-bond donors (Lipinski definition) is 0. The molecule has 2 aromatic carbocycles. The van der Waals surface area contributed by atoms with E-state index in [1.54, 1.807) is 0 Å². The smallest absolute Gasteiger partial charge is 0.304 e. The monoisotopic (exact) mass is 348 g/mol. The van der Waals surface area contributed by atoms with Crippen LogP contribution in [0.1, 0.15) is 11.1 Å². The fourth-order valence-corrected chi connectivity index (χ4v) is 8.35. The Kier molecular flexibility index (Phi) is 6.37. The Balaban J connectivity index is 2.04. The number of benzene rings is 2. The van der Waals surface area contributed by atoms with Crippen molar-refractivity contribution in [3.05, 3.63) is 71.8 Å². The molecule has 0 aromatic heterocycles. The van der Waals surface area contributed by atoms with Crippen LogP contribution in [0.25, 0.3) is 0 Å². The van der Waals surface area contributed by atoms with Crippen molar-refractivity contribution >= 4 is 15.7 Å². The zero-order valence-electron chi connectivity index (χ0n) is 14.1. The quantitative estimate of drug-likeness (QED) is 0.467. The van der Waals surface area contributed by atoms with E-state index in [9.17, 15) is 4.57 Å². The van der Waals surface area contributed by atoms with Gasteiger partial charge in [-0.1, -0.05) is 80.3 Å². The Bertz CT molecular complexity index is 591. The predicted molar refractivity (Wildman–Crippen MR) is 98.3 cm³/mol. The molecule has 23 heavy (non-hydrogen) atoms. The molecule has 0 saturated heterocycles. The second-order valence-corrected chi connectivity index (χ2v) is 15.0. The summed E-state index contributed by atoms with van der Waals surface area (Å²) in [7, 11) is -4.69. The molecular formula is C18H25O3PSi. The van der Waals surface area contributed by atoms with Crippen molar-refractivity contribution in [2.45, 2.75) is 32.9 Å². The third-order valence-corrected chi connectivity index (χ3v) is 9.60. The van der Waals surface area contributed by atoms with Gasteiger partial charge in [-0.25, -0.2) is 0 Å². The van der Waals surface area contributed by atoms with Gasteiger partial charge >= 0.3 is 7.60 Å². The fourth-order valence-electron chi connectivity index (χ4n) is 2.20. The molecule has 0 heterocycles. The van der Waals surface area contributed by atoms with E-state index in [1.165, 1.54) is 0 Å². The molecule has 124 valence electrons. The molecule has 0 amide bonds. The summed E-state index contributed by atoms with van der Waals surface area (Å²) in [5.74, 6) is 0.527. The van der Waals surface area contributed by atoms with Crippen LogP contribution < -0.4 is 0 Å². The molecule has 3 nitrogen and oxygen atoms in total. The number of hydrogen-bond acceptors (Lipinski definition) is 3. The van der Waals surface area contributed by atoms with Gasteiger partial charge in [-0.05, 0) is 11.1 Å². The minimum atomic E-state index is -3.11. The van der Waals surface area contributed by atoms with Gasteiger partial charge in [0.05, 0.1) is 21.3 Å². The molecule has 2 rings (SSSR count). The highest BCUT2D eigenvalue weighted by Crippen LogP contribution is 2.51. The minimum absolute atomic E-state index is 0.317. The van der Waals surface area contributed by atoms with E-state index < -0.39 is 15.7 Å². The minimum Gasteiger partial charge on any atom is -0.304 e. The van der Waals surface area contributed by atoms with Gasteiger partial charge in [0.2, 0.25) is 0 Å². The molecule has 0 N–H and O–H groups in total. The van der Waals surface area contributed by atoms with E-state index in [0.29, 0.717) is 19.0 Å². The molecule has 0 atom stereocenters. The van der Waals surface area contributed by atoms with E-state index in [2.05, 4.69) is 19.6 Å². The van der Waals surface area contributed by atoms with Crippen LogP contribution >= 0.6 is 7.60 Å². The average molecular weight is 348 g/mol. The first-order valence-electron chi connectivity index (χ1n) is 7.82. The zero-order chi connectivity index (χ0) is 16.8. The molecule has 0 radical (unpaired) electrons. The lowest BCUT2D eigenvalue weighted by atomic mass is 10.2. The second-order valence-electron chi connectivity index (χ2n) is 6.85. The average Bonchev–Trinajstić information content (AvgIpc) is 2.52. The fraction of sp³-hybridized carbons (Fsp3) is 0.333. The first-order valence-corrected chi connectivity index (χ1v) is 13.3. The third-order valence-electron chi connectivity index (χ3n) is 3.21. The van der Waals surface area contributed by atoms with E-state index in [1.807, 2.05) is 60.7 Å². The Morgan fingerprint density at radius 1 is 0.783 bits per heavy atom. The van der Waals surface area contributed by atoms with Gasteiger partial charge in [-0.15, -0.1) is 0 Å². The zero-order valence-corrected chi connectivity index (χ0v) is 16.0. The highest BCUT2D eigenvalue weighted by Gasteiger charge is 2.32. The summed E-state index contributed by atoms with van der Waals surface area (Å²) in [6, 6.07) is 19.6. The highest BCUT2D eigenvalue weighted by molar-refractivity contribution is 7.56. The van der Waals surface area contributed by atoms with Crippen LogP contribution in [0.15, 0.2) is 60.7 Å². The van der Waals surface area contributed by atoms with Gasteiger partial charge < -0.3 is 9.05 Å². The normalized spacial score (nSPS) is 12.3. The van der Waals surface area contributed by atoms with Crippen LogP contribution in [0.5, 0.6) is 0 Å². The molecule has 2 aromatic rings. The van der Waals surface area contributed by atoms with Gasteiger partial charge in [0.25, 0.3) is 0 Å². The van der Waals surface area contributed by atoms with E-state index in [0.717, 1.165) is 11.1 Å². The largest absolute Gasteiger partial charge is 0.328 e. The summed E-state index contributed by atoms with van der Waals surface area (Å²) in [5, 5.41) is 0. The maximum atomic E-state index is 13.2. The van der Waals surface area contributed by atoms with Gasteiger partial charge in [0, 0.05) is 5.79 Å². The Morgan fingerprint density at radius 2 is 1.17 bits per heavy atom. The van der Waals surface area contributed by atoms with Crippen LogP contribution in [0.2, 0.25) is 19.6 Å². The molecule has 0 aliphatic rings. The van der Waals surface area contributed by atoms with Gasteiger partial charge in [0.15, 0.2) is 0 Å². The summed E-state index contributed by atoms with van der Waals surface area (Å²) in [6.45, 7) is 7.17.